The number of rotatable bonds is 4. The van der Waals surface area contributed by atoms with Crippen molar-refractivity contribution in [1.82, 2.24) is 24.7 Å². The van der Waals surface area contributed by atoms with E-state index in [-0.39, 0.29) is 23.7 Å². The number of benzene rings is 1. The summed E-state index contributed by atoms with van der Waals surface area (Å²) < 4.78 is 2.76. The van der Waals surface area contributed by atoms with E-state index in [1.165, 1.54) is 15.1 Å². The maximum absolute atomic E-state index is 13.3. The third-order valence-electron chi connectivity index (χ3n) is 5.39. The summed E-state index contributed by atoms with van der Waals surface area (Å²) in [6, 6.07) is 18.4. The highest BCUT2D eigenvalue weighted by Gasteiger charge is 2.26. The van der Waals surface area contributed by atoms with Crippen LogP contribution in [0.25, 0.3) is 28.0 Å². The fourth-order valence-corrected chi connectivity index (χ4v) is 4.07. The topological polar surface area (TPSA) is 127 Å². The molecule has 5 aromatic rings. The Kier molecular flexibility index (Phi) is 4.86. The molecule has 0 fully saturated rings. The van der Waals surface area contributed by atoms with Gasteiger partial charge in [0.25, 0.3) is 0 Å². The van der Waals surface area contributed by atoms with Crippen LogP contribution < -0.4 is 21.4 Å². The van der Waals surface area contributed by atoms with Gasteiger partial charge in [-0.3, -0.25) is 9.78 Å². The number of nitrogens with two attached hydrogens (primary N) is 1. The smallest absolute Gasteiger partial charge is 0.324 e. The number of hydrogen-bond acceptors (Lipinski definition) is 5. The zero-order valence-corrected chi connectivity index (χ0v) is 18.2. The Morgan fingerprint density at radius 3 is 2.36 bits per heavy atom. The summed E-state index contributed by atoms with van der Waals surface area (Å²) in [6.45, 7) is 3.99. The van der Waals surface area contributed by atoms with Crippen LogP contribution in [-0.2, 0) is 6.54 Å². The zero-order chi connectivity index (χ0) is 23.1. The van der Waals surface area contributed by atoms with Crippen molar-refractivity contribution >= 4 is 11.6 Å². The normalized spacial score (nSPS) is 11.2. The second-order valence-electron chi connectivity index (χ2n) is 7.90. The molecular formula is C24H22N7O2+. The molecule has 0 aliphatic heterocycles. The van der Waals surface area contributed by atoms with E-state index in [2.05, 4.69) is 20.1 Å². The third-order valence-corrected chi connectivity index (χ3v) is 5.39. The number of aryl methyl sites for hydroxylation is 2. The molecule has 0 aliphatic rings. The number of anilines is 1. The monoisotopic (exact) mass is 440 g/mol. The van der Waals surface area contributed by atoms with Gasteiger partial charge in [0.1, 0.15) is 12.2 Å². The summed E-state index contributed by atoms with van der Waals surface area (Å²) in [5.41, 5.74) is 11.6. The highest BCUT2D eigenvalue weighted by atomic mass is 16.2. The Labute approximate surface area is 188 Å². The SMILES string of the molecule is Cc1cc(-c2c(-c3ccccc3)nc(N)[n+]3c(=O)n(Cc4cccc(=O)[nH]4)[nH]c23)cc(C)n1. The molecule has 4 heterocycles. The summed E-state index contributed by atoms with van der Waals surface area (Å²) in [6.07, 6.45) is 0. The maximum Gasteiger partial charge on any atom is 0.428 e. The lowest BCUT2D eigenvalue weighted by Gasteiger charge is -2.10. The van der Waals surface area contributed by atoms with Gasteiger partial charge in [0.15, 0.2) is 0 Å². The molecule has 0 bridgehead atoms. The van der Waals surface area contributed by atoms with Gasteiger partial charge < -0.3 is 10.7 Å². The van der Waals surface area contributed by atoms with Gasteiger partial charge in [-0.2, -0.15) is 4.68 Å². The van der Waals surface area contributed by atoms with Crippen LogP contribution >= 0.6 is 0 Å². The quantitative estimate of drug-likeness (QED) is 0.368. The van der Waals surface area contributed by atoms with Crippen LogP contribution in [0, 0.1) is 13.8 Å². The lowest BCUT2D eigenvalue weighted by Crippen LogP contribution is -2.44. The van der Waals surface area contributed by atoms with Crippen LogP contribution in [0.1, 0.15) is 17.1 Å². The van der Waals surface area contributed by atoms with Crippen molar-refractivity contribution in [2.75, 3.05) is 5.73 Å². The van der Waals surface area contributed by atoms with Crippen molar-refractivity contribution in [2.45, 2.75) is 20.4 Å². The standard InChI is InChI=1S/C24H21N7O2/c1-14-11-17(12-15(2)26-14)20-21(16-7-4-3-5-8-16)28-23(25)31-22(20)29-30(24(31)33)13-18-9-6-10-19(32)27-18/h3-12H,13H2,1-2H3,(H3,25,26,27,28,29,32)/p+1. The van der Waals surface area contributed by atoms with E-state index in [1.54, 1.807) is 12.1 Å². The highest BCUT2D eigenvalue weighted by molar-refractivity contribution is 5.88. The van der Waals surface area contributed by atoms with Gasteiger partial charge in [0, 0.05) is 28.7 Å². The van der Waals surface area contributed by atoms with Gasteiger partial charge in [-0.15, -0.1) is 9.38 Å². The predicted molar refractivity (Wildman–Crippen MR) is 125 cm³/mol. The van der Waals surface area contributed by atoms with Crippen molar-refractivity contribution in [2.24, 2.45) is 0 Å². The van der Waals surface area contributed by atoms with E-state index in [0.717, 1.165) is 28.1 Å². The molecule has 5 rings (SSSR count). The molecule has 9 nitrogen and oxygen atoms in total. The van der Waals surface area contributed by atoms with Crippen LogP contribution in [0.2, 0.25) is 0 Å². The lowest BCUT2D eigenvalue weighted by atomic mass is 9.99. The summed E-state index contributed by atoms with van der Waals surface area (Å²) in [7, 11) is 0. The Hall–Kier alpha value is -4.53. The van der Waals surface area contributed by atoms with E-state index in [4.69, 9.17) is 5.73 Å². The number of fused-ring (bicyclic) bond motifs is 1. The van der Waals surface area contributed by atoms with Crippen molar-refractivity contribution in [3.05, 3.63) is 98.6 Å². The molecule has 0 saturated carbocycles. The lowest BCUT2D eigenvalue weighted by molar-refractivity contribution is -0.516. The first kappa shape index (κ1) is 20.4. The Bertz CT molecular complexity index is 1590. The largest absolute Gasteiger partial charge is 0.428 e. The van der Waals surface area contributed by atoms with E-state index >= 15 is 0 Å². The molecule has 0 atom stereocenters. The fraction of sp³-hybridized carbons (Fsp3) is 0.125. The summed E-state index contributed by atoms with van der Waals surface area (Å²) in [5, 5.41) is 3.19. The number of nitrogen functional groups attached to an aromatic ring is 1. The Morgan fingerprint density at radius 2 is 1.67 bits per heavy atom. The summed E-state index contributed by atoms with van der Waals surface area (Å²) in [4.78, 5) is 36.8. The average Bonchev–Trinajstić information content (AvgIpc) is 3.10. The number of pyridine rings is 2. The number of aromatic amines is 2. The highest BCUT2D eigenvalue weighted by Crippen LogP contribution is 2.33. The Balaban J connectivity index is 1.83. The number of nitrogens with zero attached hydrogens (tertiary/aromatic N) is 4. The number of H-pyrrole nitrogens is 2. The van der Waals surface area contributed by atoms with Crippen molar-refractivity contribution in [1.29, 1.82) is 0 Å². The van der Waals surface area contributed by atoms with Gasteiger partial charge in [0.2, 0.25) is 11.2 Å². The van der Waals surface area contributed by atoms with Crippen molar-refractivity contribution < 1.29 is 4.40 Å². The van der Waals surface area contributed by atoms with Gasteiger partial charge in [0.05, 0.1) is 5.56 Å². The van der Waals surface area contributed by atoms with E-state index < -0.39 is 0 Å². The van der Waals surface area contributed by atoms with Crippen LogP contribution in [0.15, 0.2) is 70.3 Å². The minimum atomic E-state index is -0.386. The van der Waals surface area contributed by atoms with Crippen LogP contribution in [0.3, 0.4) is 0 Å². The maximum atomic E-state index is 13.3. The fourth-order valence-electron chi connectivity index (χ4n) is 4.07. The van der Waals surface area contributed by atoms with E-state index in [9.17, 15) is 9.59 Å². The average molecular weight is 440 g/mol. The first-order chi connectivity index (χ1) is 15.9. The molecular weight excluding hydrogens is 418 g/mol. The summed E-state index contributed by atoms with van der Waals surface area (Å²) in [5.74, 6) is 0.0664. The molecule has 164 valence electrons. The molecule has 0 amide bonds. The molecule has 0 unspecified atom stereocenters. The van der Waals surface area contributed by atoms with E-state index in [1.807, 2.05) is 56.3 Å². The zero-order valence-electron chi connectivity index (χ0n) is 18.2. The number of hydrogen-bond donors (Lipinski definition) is 3. The first-order valence-electron chi connectivity index (χ1n) is 10.4. The molecule has 33 heavy (non-hydrogen) atoms. The molecule has 4 N–H and O–H groups in total. The van der Waals surface area contributed by atoms with Crippen LogP contribution in [0.4, 0.5) is 5.95 Å². The molecule has 0 aliphatic carbocycles. The van der Waals surface area contributed by atoms with Gasteiger partial charge >= 0.3 is 11.6 Å². The molecule has 1 aromatic carbocycles. The van der Waals surface area contributed by atoms with Gasteiger partial charge in [-0.1, -0.05) is 36.4 Å². The molecule has 0 saturated heterocycles. The minimum absolute atomic E-state index is 0.0664. The second-order valence-corrected chi connectivity index (χ2v) is 7.90. The van der Waals surface area contributed by atoms with Gasteiger partial charge in [-0.05, 0) is 37.6 Å². The van der Waals surface area contributed by atoms with Gasteiger partial charge in [-0.25, -0.2) is 9.89 Å². The molecule has 0 spiro atoms. The van der Waals surface area contributed by atoms with Crippen LogP contribution in [-0.4, -0.2) is 24.7 Å². The molecule has 9 heteroatoms. The number of nitrogens with one attached hydrogen (secondary N) is 2. The van der Waals surface area contributed by atoms with Crippen molar-refractivity contribution in [3.8, 4) is 22.4 Å². The summed E-state index contributed by atoms with van der Waals surface area (Å²) >= 11 is 0. The first-order valence-corrected chi connectivity index (χ1v) is 10.4. The van der Waals surface area contributed by atoms with Crippen LogP contribution in [0.5, 0.6) is 0 Å². The molecule has 4 aromatic heterocycles. The molecule has 0 radical (unpaired) electrons. The number of aromatic nitrogens is 6. The Morgan fingerprint density at radius 1 is 0.939 bits per heavy atom. The van der Waals surface area contributed by atoms with Crippen molar-refractivity contribution in [3.63, 3.8) is 0 Å². The third kappa shape index (κ3) is 3.69. The second kappa shape index (κ2) is 7.86. The minimum Gasteiger partial charge on any atom is -0.324 e. The van der Waals surface area contributed by atoms with E-state index in [0.29, 0.717) is 17.0 Å². The predicted octanol–water partition coefficient (Wildman–Crippen LogP) is 1.97.